The van der Waals surface area contributed by atoms with Gasteiger partial charge in [0.2, 0.25) is 5.88 Å². The molecule has 0 radical (unpaired) electrons. The van der Waals surface area contributed by atoms with E-state index in [9.17, 15) is 5.11 Å². The number of unbranched alkanes of at least 4 members (excludes halogenated alkanes) is 1. The van der Waals surface area contributed by atoms with Gasteiger partial charge in [-0.3, -0.25) is 0 Å². The molecule has 3 rings (SSSR count). The highest BCUT2D eigenvalue weighted by Gasteiger charge is 2.20. The Morgan fingerprint density at radius 2 is 1.70 bits per heavy atom. The van der Waals surface area contributed by atoms with E-state index in [1.807, 2.05) is 41.1 Å². The SMILES string of the molecule is CCCCc1c(O)nn(-c2ccccc2C)c1-c1ccccc1. The first-order chi connectivity index (χ1) is 11.2. The Bertz CT molecular complexity index is 791. The molecule has 0 aliphatic rings. The molecule has 3 heteroatoms. The summed E-state index contributed by atoms with van der Waals surface area (Å²) >= 11 is 0. The lowest BCUT2D eigenvalue weighted by atomic mass is 10.0. The van der Waals surface area contributed by atoms with E-state index >= 15 is 0 Å². The van der Waals surface area contributed by atoms with Crippen LogP contribution in [0.3, 0.4) is 0 Å². The van der Waals surface area contributed by atoms with Gasteiger partial charge in [0, 0.05) is 11.1 Å². The van der Waals surface area contributed by atoms with Gasteiger partial charge in [0.25, 0.3) is 0 Å². The molecule has 0 amide bonds. The van der Waals surface area contributed by atoms with Crippen molar-refractivity contribution < 1.29 is 5.11 Å². The van der Waals surface area contributed by atoms with E-state index in [2.05, 4.69) is 37.1 Å². The van der Waals surface area contributed by atoms with E-state index in [0.717, 1.165) is 47.3 Å². The molecule has 118 valence electrons. The third kappa shape index (κ3) is 3.00. The minimum absolute atomic E-state index is 0.139. The largest absolute Gasteiger partial charge is 0.492 e. The number of aromatic nitrogens is 2. The van der Waals surface area contributed by atoms with Crippen LogP contribution in [0.1, 0.15) is 30.9 Å². The predicted molar refractivity (Wildman–Crippen MR) is 94.0 cm³/mol. The van der Waals surface area contributed by atoms with Crippen molar-refractivity contribution in [2.75, 3.05) is 0 Å². The lowest BCUT2D eigenvalue weighted by molar-refractivity contribution is 0.441. The fourth-order valence-electron chi connectivity index (χ4n) is 2.89. The number of hydrogen-bond acceptors (Lipinski definition) is 2. The summed E-state index contributed by atoms with van der Waals surface area (Å²) in [4.78, 5) is 0. The normalized spacial score (nSPS) is 10.9. The highest BCUT2D eigenvalue weighted by molar-refractivity contribution is 5.68. The van der Waals surface area contributed by atoms with Crippen molar-refractivity contribution in [2.45, 2.75) is 33.1 Å². The summed E-state index contributed by atoms with van der Waals surface area (Å²) in [6, 6.07) is 18.3. The minimum Gasteiger partial charge on any atom is -0.492 e. The molecular formula is C20H22N2O. The molecule has 0 saturated carbocycles. The molecule has 23 heavy (non-hydrogen) atoms. The van der Waals surface area contributed by atoms with E-state index < -0.39 is 0 Å². The predicted octanol–water partition coefficient (Wildman–Crippen LogP) is 4.90. The fraction of sp³-hybridized carbons (Fsp3) is 0.250. The molecule has 0 saturated heterocycles. The van der Waals surface area contributed by atoms with Gasteiger partial charge in [0.15, 0.2) is 0 Å². The highest BCUT2D eigenvalue weighted by Crippen LogP contribution is 2.34. The van der Waals surface area contributed by atoms with Gasteiger partial charge in [-0.15, -0.1) is 5.10 Å². The number of nitrogens with zero attached hydrogens (tertiary/aromatic N) is 2. The average Bonchev–Trinajstić information content (AvgIpc) is 2.90. The van der Waals surface area contributed by atoms with Crippen molar-refractivity contribution in [3.05, 3.63) is 65.7 Å². The molecule has 2 aromatic carbocycles. The van der Waals surface area contributed by atoms with Gasteiger partial charge in [-0.25, -0.2) is 4.68 Å². The maximum Gasteiger partial charge on any atom is 0.234 e. The Labute approximate surface area is 137 Å². The molecule has 0 aliphatic heterocycles. The first-order valence-electron chi connectivity index (χ1n) is 8.14. The third-order valence-electron chi connectivity index (χ3n) is 4.13. The Morgan fingerprint density at radius 3 is 2.39 bits per heavy atom. The van der Waals surface area contributed by atoms with E-state index in [1.165, 1.54) is 0 Å². The highest BCUT2D eigenvalue weighted by atomic mass is 16.3. The maximum absolute atomic E-state index is 10.4. The van der Waals surface area contributed by atoms with Crippen LogP contribution in [0.15, 0.2) is 54.6 Å². The van der Waals surface area contributed by atoms with Gasteiger partial charge in [-0.1, -0.05) is 61.9 Å². The standard InChI is InChI=1S/C20H22N2O/c1-3-4-13-17-19(16-11-6-5-7-12-16)22(21-20(17)23)18-14-9-8-10-15(18)2/h5-12,14H,3-4,13H2,1-2H3,(H,21,23). The van der Waals surface area contributed by atoms with E-state index in [1.54, 1.807) is 0 Å². The van der Waals surface area contributed by atoms with Crippen molar-refractivity contribution in [2.24, 2.45) is 0 Å². The van der Waals surface area contributed by atoms with Crippen LogP contribution in [-0.2, 0) is 6.42 Å². The first kappa shape index (κ1) is 15.3. The van der Waals surface area contributed by atoms with Crippen molar-refractivity contribution in [3.8, 4) is 22.8 Å². The van der Waals surface area contributed by atoms with Gasteiger partial charge in [0.05, 0.1) is 11.4 Å². The first-order valence-corrected chi connectivity index (χ1v) is 8.14. The average molecular weight is 306 g/mol. The molecule has 0 bridgehead atoms. The number of aryl methyl sites for hydroxylation is 1. The van der Waals surface area contributed by atoms with Crippen molar-refractivity contribution in [1.82, 2.24) is 9.78 Å². The molecule has 1 aromatic heterocycles. The zero-order valence-corrected chi connectivity index (χ0v) is 13.7. The van der Waals surface area contributed by atoms with Crippen molar-refractivity contribution >= 4 is 0 Å². The van der Waals surface area contributed by atoms with Gasteiger partial charge in [-0.2, -0.15) is 0 Å². The molecule has 3 aromatic rings. The molecule has 0 spiro atoms. The van der Waals surface area contributed by atoms with Crippen LogP contribution in [0.2, 0.25) is 0 Å². The van der Waals surface area contributed by atoms with Gasteiger partial charge >= 0.3 is 0 Å². The molecule has 0 atom stereocenters. The van der Waals surface area contributed by atoms with Crippen LogP contribution in [-0.4, -0.2) is 14.9 Å². The number of benzene rings is 2. The van der Waals surface area contributed by atoms with Crippen molar-refractivity contribution in [1.29, 1.82) is 0 Å². The molecule has 1 N–H and O–H groups in total. The molecule has 0 aliphatic carbocycles. The quantitative estimate of drug-likeness (QED) is 0.728. The lowest BCUT2D eigenvalue weighted by Crippen LogP contribution is -2.02. The second-order valence-electron chi connectivity index (χ2n) is 5.82. The van der Waals surface area contributed by atoms with Crippen molar-refractivity contribution in [3.63, 3.8) is 0 Å². The van der Waals surface area contributed by atoms with Gasteiger partial charge in [0.1, 0.15) is 0 Å². The van der Waals surface area contributed by atoms with Gasteiger partial charge < -0.3 is 5.11 Å². The van der Waals surface area contributed by atoms with E-state index in [-0.39, 0.29) is 5.88 Å². The Hall–Kier alpha value is -2.55. The zero-order chi connectivity index (χ0) is 16.2. The van der Waals surface area contributed by atoms with Crippen LogP contribution in [0.25, 0.3) is 16.9 Å². The van der Waals surface area contributed by atoms with Gasteiger partial charge in [-0.05, 0) is 31.4 Å². The monoisotopic (exact) mass is 306 g/mol. The van der Waals surface area contributed by atoms with Crippen LogP contribution in [0, 0.1) is 6.92 Å². The van der Waals surface area contributed by atoms with E-state index in [4.69, 9.17) is 0 Å². The molecular weight excluding hydrogens is 284 g/mol. The molecule has 1 heterocycles. The number of hydrogen-bond donors (Lipinski definition) is 1. The minimum atomic E-state index is 0.139. The summed E-state index contributed by atoms with van der Waals surface area (Å²) in [5.74, 6) is 0.139. The third-order valence-corrected chi connectivity index (χ3v) is 4.13. The molecule has 0 fully saturated rings. The second kappa shape index (κ2) is 6.69. The number of aromatic hydroxyl groups is 1. The smallest absolute Gasteiger partial charge is 0.234 e. The zero-order valence-electron chi connectivity index (χ0n) is 13.7. The summed E-state index contributed by atoms with van der Waals surface area (Å²) in [6.07, 6.45) is 2.95. The molecule has 3 nitrogen and oxygen atoms in total. The lowest BCUT2D eigenvalue weighted by Gasteiger charge is -2.11. The number of para-hydroxylation sites is 1. The fourth-order valence-corrected chi connectivity index (χ4v) is 2.89. The Balaban J connectivity index is 2.22. The summed E-state index contributed by atoms with van der Waals surface area (Å²) < 4.78 is 1.88. The summed E-state index contributed by atoms with van der Waals surface area (Å²) in [5, 5.41) is 14.9. The Morgan fingerprint density at radius 1 is 1.00 bits per heavy atom. The van der Waals surface area contributed by atoms with Crippen LogP contribution in [0.5, 0.6) is 5.88 Å². The molecule has 0 unspecified atom stereocenters. The van der Waals surface area contributed by atoms with E-state index in [0.29, 0.717) is 0 Å². The summed E-state index contributed by atoms with van der Waals surface area (Å²) in [5.41, 5.74) is 5.14. The Kier molecular flexibility index (Phi) is 4.47. The van der Waals surface area contributed by atoms with Crippen LogP contribution >= 0.6 is 0 Å². The maximum atomic E-state index is 10.4. The number of rotatable bonds is 5. The summed E-state index contributed by atoms with van der Waals surface area (Å²) in [6.45, 7) is 4.22. The van der Waals surface area contributed by atoms with Crippen LogP contribution in [0.4, 0.5) is 0 Å². The van der Waals surface area contributed by atoms with Crippen LogP contribution < -0.4 is 0 Å². The topological polar surface area (TPSA) is 38.1 Å². The second-order valence-corrected chi connectivity index (χ2v) is 5.82. The summed E-state index contributed by atoms with van der Waals surface area (Å²) in [7, 11) is 0.